The number of hydrogen-bond acceptors (Lipinski definition) is 4. The van der Waals surface area contributed by atoms with Gasteiger partial charge in [0, 0.05) is 24.2 Å². The molecular weight excluding hydrogens is 418 g/mol. The molecule has 1 aliphatic carbocycles. The van der Waals surface area contributed by atoms with Gasteiger partial charge in [0.05, 0.1) is 16.9 Å². The van der Waals surface area contributed by atoms with E-state index >= 15 is 0 Å². The number of primary amides is 1. The number of rotatable bonds is 7. The number of aromatic nitrogens is 2. The van der Waals surface area contributed by atoms with E-state index in [2.05, 4.69) is 10.6 Å². The number of para-hydroxylation sites is 2. The summed E-state index contributed by atoms with van der Waals surface area (Å²) in [5.41, 5.74) is 9.18. The summed E-state index contributed by atoms with van der Waals surface area (Å²) in [6, 6.07) is 16.6. The van der Waals surface area contributed by atoms with E-state index in [-0.39, 0.29) is 24.8 Å². The first-order valence-corrected chi connectivity index (χ1v) is 11.2. The lowest BCUT2D eigenvalue weighted by Crippen LogP contribution is -2.29. The van der Waals surface area contributed by atoms with E-state index < -0.39 is 5.91 Å². The number of amides is 3. The zero-order valence-corrected chi connectivity index (χ0v) is 18.3. The van der Waals surface area contributed by atoms with Crippen LogP contribution in [0.4, 0.5) is 5.69 Å². The van der Waals surface area contributed by atoms with Crippen LogP contribution in [0.3, 0.4) is 0 Å². The molecule has 0 spiro atoms. The summed E-state index contributed by atoms with van der Waals surface area (Å²) in [5, 5.41) is 10.2. The van der Waals surface area contributed by atoms with E-state index in [0.29, 0.717) is 16.9 Å². The largest absolute Gasteiger partial charge is 0.370 e. The third-order valence-corrected chi connectivity index (χ3v) is 5.72. The molecule has 0 radical (unpaired) electrons. The van der Waals surface area contributed by atoms with Gasteiger partial charge in [-0.25, -0.2) is 4.68 Å². The van der Waals surface area contributed by atoms with Gasteiger partial charge in [-0.3, -0.25) is 14.4 Å². The number of fused-ring (bicyclic) bond motifs is 1. The first-order valence-electron chi connectivity index (χ1n) is 11.2. The van der Waals surface area contributed by atoms with Crippen LogP contribution in [-0.4, -0.2) is 34.0 Å². The number of hydrogen-bond donors (Lipinski definition) is 3. The number of carbonyl (C=O) groups excluding carboxylic acids is 3. The van der Waals surface area contributed by atoms with E-state index in [1.807, 2.05) is 35.0 Å². The van der Waals surface area contributed by atoms with Gasteiger partial charge in [0.25, 0.3) is 11.8 Å². The van der Waals surface area contributed by atoms with Gasteiger partial charge in [-0.1, -0.05) is 36.8 Å². The average molecular weight is 446 g/mol. The van der Waals surface area contributed by atoms with Crippen LogP contribution < -0.4 is 16.4 Å². The molecule has 3 aromatic rings. The number of anilines is 1. The molecule has 8 heteroatoms. The van der Waals surface area contributed by atoms with E-state index in [0.717, 1.165) is 49.0 Å². The Balaban J connectivity index is 1.62. The topological polar surface area (TPSA) is 119 Å². The van der Waals surface area contributed by atoms with Crippen LogP contribution in [0.1, 0.15) is 57.8 Å². The Morgan fingerprint density at radius 1 is 0.909 bits per heavy atom. The lowest BCUT2D eigenvalue weighted by Gasteiger charge is -2.11. The fourth-order valence-electron chi connectivity index (χ4n) is 4.11. The number of nitrogens with two attached hydrogens (primary N) is 1. The monoisotopic (exact) mass is 445 g/mol. The van der Waals surface area contributed by atoms with Gasteiger partial charge >= 0.3 is 0 Å². The molecule has 8 nitrogen and oxygen atoms in total. The molecule has 33 heavy (non-hydrogen) atoms. The normalized spacial score (nSPS) is 13.0. The van der Waals surface area contributed by atoms with Crippen molar-refractivity contribution < 1.29 is 14.4 Å². The van der Waals surface area contributed by atoms with Gasteiger partial charge in [0.2, 0.25) is 5.91 Å². The van der Waals surface area contributed by atoms with Crippen molar-refractivity contribution in [2.75, 3.05) is 11.9 Å². The molecule has 0 aliphatic heterocycles. The molecule has 2 aromatic carbocycles. The summed E-state index contributed by atoms with van der Waals surface area (Å²) in [6.45, 7) is 0.130. The van der Waals surface area contributed by atoms with E-state index in [1.165, 1.54) is 0 Å². The van der Waals surface area contributed by atoms with Crippen LogP contribution in [0.2, 0.25) is 0 Å². The molecule has 0 bridgehead atoms. The molecule has 170 valence electrons. The van der Waals surface area contributed by atoms with Gasteiger partial charge in [-0.15, -0.1) is 0 Å². The molecule has 1 heterocycles. The zero-order valence-electron chi connectivity index (χ0n) is 18.3. The first-order chi connectivity index (χ1) is 16.0. The SMILES string of the molecule is NC(=O)CCNC(=O)c1ccccc1NC(=O)c1nn(-c2ccccc2)c2c1CCCCC2. The van der Waals surface area contributed by atoms with Crippen molar-refractivity contribution in [1.82, 2.24) is 15.1 Å². The van der Waals surface area contributed by atoms with Crippen molar-refractivity contribution in [3.63, 3.8) is 0 Å². The van der Waals surface area contributed by atoms with Gasteiger partial charge < -0.3 is 16.4 Å². The second kappa shape index (κ2) is 10.1. The Hall–Kier alpha value is -3.94. The molecular formula is C25H27N5O3. The van der Waals surface area contributed by atoms with Crippen molar-refractivity contribution in [2.24, 2.45) is 5.73 Å². The third-order valence-electron chi connectivity index (χ3n) is 5.72. The number of nitrogens with zero attached hydrogens (tertiary/aromatic N) is 2. The van der Waals surface area contributed by atoms with E-state index in [9.17, 15) is 14.4 Å². The standard InChI is InChI=1S/C25H27N5O3/c26-22(31)15-16-27-24(32)18-11-7-8-13-20(18)28-25(33)23-19-12-5-2-6-14-21(19)30(29-23)17-9-3-1-4-10-17/h1,3-4,7-11,13H,2,5-6,12,14-16H2,(H2,26,31)(H,27,32)(H,28,33). The first kappa shape index (κ1) is 22.3. The quantitative estimate of drug-likeness (QED) is 0.484. The molecule has 0 saturated carbocycles. The highest BCUT2D eigenvalue weighted by atomic mass is 16.2. The molecule has 0 atom stereocenters. The van der Waals surface area contributed by atoms with Gasteiger partial charge in [0.15, 0.2) is 5.69 Å². The Morgan fingerprint density at radius 3 is 2.42 bits per heavy atom. The van der Waals surface area contributed by atoms with Gasteiger partial charge in [-0.05, 0) is 49.9 Å². The maximum atomic E-state index is 13.3. The fraction of sp³-hybridized carbons (Fsp3) is 0.280. The molecule has 0 unspecified atom stereocenters. The zero-order chi connectivity index (χ0) is 23.2. The summed E-state index contributed by atoms with van der Waals surface area (Å²) >= 11 is 0. The Bertz CT molecular complexity index is 1170. The summed E-state index contributed by atoms with van der Waals surface area (Å²) in [6.07, 6.45) is 4.87. The molecule has 1 aromatic heterocycles. The molecule has 1 aliphatic rings. The highest BCUT2D eigenvalue weighted by molar-refractivity contribution is 6.09. The van der Waals surface area contributed by atoms with Crippen molar-refractivity contribution in [3.8, 4) is 5.69 Å². The minimum atomic E-state index is -0.494. The number of nitrogens with one attached hydrogen (secondary N) is 2. The second-order valence-corrected chi connectivity index (χ2v) is 8.05. The van der Waals surface area contributed by atoms with E-state index in [4.69, 9.17) is 10.8 Å². The summed E-state index contributed by atoms with van der Waals surface area (Å²) in [5.74, 6) is -1.23. The minimum Gasteiger partial charge on any atom is -0.370 e. The van der Waals surface area contributed by atoms with Crippen molar-refractivity contribution >= 4 is 23.4 Å². The Labute approximate surface area is 192 Å². The van der Waals surface area contributed by atoms with Crippen molar-refractivity contribution in [1.29, 1.82) is 0 Å². The molecule has 0 fully saturated rings. The lowest BCUT2D eigenvalue weighted by atomic mass is 10.1. The molecule has 4 rings (SSSR count). The predicted octanol–water partition coefficient (Wildman–Crippen LogP) is 3.00. The van der Waals surface area contributed by atoms with Crippen LogP contribution in [0.25, 0.3) is 5.69 Å². The maximum Gasteiger partial charge on any atom is 0.276 e. The average Bonchev–Trinajstić information content (AvgIpc) is 3.00. The summed E-state index contributed by atoms with van der Waals surface area (Å²) < 4.78 is 1.87. The predicted molar refractivity (Wildman–Crippen MR) is 125 cm³/mol. The summed E-state index contributed by atoms with van der Waals surface area (Å²) in [7, 11) is 0. The number of benzene rings is 2. The van der Waals surface area contributed by atoms with Crippen LogP contribution in [0.5, 0.6) is 0 Å². The second-order valence-electron chi connectivity index (χ2n) is 8.05. The lowest BCUT2D eigenvalue weighted by molar-refractivity contribution is -0.117. The fourth-order valence-corrected chi connectivity index (χ4v) is 4.11. The highest BCUT2D eigenvalue weighted by Crippen LogP contribution is 2.27. The van der Waals surface area contributed by atoms with Crippen molar-refractivity contribution in [3.05, 3.63) is 77.1 Å². The highest BCUT2D eigenvalue weighted by Gasteiger charge is 2.25. The van der Waals surface area contributed by atoms with E-state index in [1.54, 1.807) is 24.3 Å². The van der Waals surface area contributed by atoms with Gasteiger partial charge in [0.1, 0.15) is 0 Å². The van der Waals surface area contributed by atoms with Crippen LogP contribution >= 0.6 is 0 Å². The van der Waals surface area contributed by atoms with Crippen molar-refractivity contribution in [2.45, 2.75) is 38.5 Å². The molecule has 0 saturated heterocycles. The van der Waals surface area contributed by atoms with Crippen LogP contribution in [-0.2, 0) is 17.6 Å². The number of carbonyl (C=O) groups is 3. The Kier molecular flexibility index (Phi) is 6.83. The molecule has 3 amide bonds. The molecule has 4 N–H and O–H groups in total. The summed E-state index contributed by atoms with van der Waals surface area (Å²) in [4.78, 5) is 36.9. The van der Waals surface area contributed by atoms with Crippen LogP contribution in [0.15, 0.2) is 54.6 Å². The third kappa shape index (κ3) is 5.11. The van der Waals surface area contributed by atoms with Crippen LogP contribution in [0, 0.1) is 0 Å². The minimum absolute atomic E-state index is 0.0450. The maximum absolute atomic E-state index is 13.3. The smallest absolute Gasteiger partial charge is 0.276 e. The Morgan fingerprint density at radius 2 is 1.64 bits per heavy atom. The van der Waals surface area contributed by atoms with Gasteiger partial charge in [-0.2, -0.15) is 5.10 Å².